The number of hydrogen-bond acceptors (Lipinski definition) is 6. The van der Waals surface area contributed by atoms with Gasteiger partial charge in [0.2, 0.25) is 0 Å². The maximum absolute atomic E-state index is 14.5. The Morgan fingerprint density at radius 1 is 1.09 bits per heavy atom. The smallest absolute Gasteiger partial charge is 0.147 e. The molecule has 2 heterocycles. The standard InChI is InChI=1S/C23H19Cl2FN4OS.C2H6/c1-12-17(6-14-10-28-22(27-2)9-19(14)29-12)13-3-4-18(26)20(7-13)30-32-21-8-16(24)5-15(11-31)23(21)25;1-2/h3-10,30-31H,11H2,1-2H3,(H,27,28);1-2H3. The molecule has 5 nitrogen and oxygen atoms in total. The van der Waals surface area contributed by atoms with Gasteiger partial charge in [0.05, 0.1) is 22.8 Å². The molecule has 0 amide bonds. The van der Waals surface area contributed by atoms with Crippen LogP contribution in [0.25, 0.3) is 22.0 Å². The third-order valence-corrected chi connectivity index (χ3v) is 6.58. The second-order valence-corrected chi connectivity index (χ2v) is 8.73. The third kappa shape index (κ3) is 5.73. The first-order valence-corrected chi connectivity index (χ1v) is 12.2. The highest BCUT2D eigenvalue weighted by molar-refractivity contribution is 8.00. The minimum atomic E-state index is -0.409. The maximum Gasteiger partial charge on any atom is 0.147 e. The number of halogens is 3. The van der Waals surface area contributed by atoms with Crippen LogP contribution in [0.3, 0.4) is 0 Å². The summed E-state index contributed by atoms with van der Waals surface area (Å²) in [5.74, 6) is 0.333. The summed E-state index contributed by atoms with van der Waals surface area (Å²) < 4.78 is 17.5. The van der Waals surface area contributed by atoms with Gasteiger partial charge in [0.1, 0.15) is 11.6 Å². The van der Waals surface area contributed by atoms with E-state index >= 15 is 0 Å². The van der Waals surface area contributed by atoms with Crippen molar-refractivity contribution in [2.45, 2.75) is 32.3 Å². The van der Waals surface area contributed by atoms with Gasteiger partial charge in [-0.3, -0.25) is 4.98 Å². The number of fused-ring (bicyclic) bond motifs is 1. The summed E-state index contributed by atoms with van der Waals surface area (Å²) in [6.45, 7) is 5.68. The van der Waals surface area contributed by atoms with Gasteiger partial charge in [0.25, 0.3) is 0 Å². The van der Waals surface area contributed by atoms with E-state index in [0.29, 0.717) is 20.5 Å². The minimum absolute atomic E-state index is 0.240. The van der Waals surface area contributed by atoms with Crippen LogP contribution in [-0.2, 0) is 6.61 Å². The van der Waals surface area contributed by atoms with Crippen molar-refractivity contribution in [2.75, 3.05) is 17.1 Å². The fourth-order valence-electron chi connectivity index (χ4n) is 3.28. The van der Waals surface area contributed by atoms with Crippen LogP contribution >= 0.6 is 35.1 Å². The number of aliphatic hydroxyl groups excluding tert-OH is 1. The van der Waals surface area contributed by atoms with Gasteiger partial charge < -0.3 is 15.1 Å². The molecule has 34 heavy (non-hydrogen) atoms. The van der Waals surface area contributed by atoms with Crippen LogP contribution in [-0.4, -0.2) is 22.1 Å². The van der Waals surface area contributed by atoms with E-state index in [1.54, 1.807) is 30.5 Å². The Bertz CT molecular complexity index is 1320. The number of nitrogens with one attached hydrogen (secondary N) is 2. The number of aromatic nitrogens is 2. The van der Waals surface area contributed by atoms with E-state index in [-0.39, 0.29) is 12.3 Å². The summed E-state index contributed by atoms with van der Waals surface area (Å²) in [7, 11) is 1.81. The first kappa shape index (κ1) is 26.0. The molecule has 4 rings (SSSR count). The van der Waals surface area contributed by atoms with E-state index in [2.05, 4.69) is 15.0 Å². The zero-order valence-electron chi connectivity index (χ0n) is 19.2. The second kappa shape index (κ2) is 11.7. The summed E-state index contributed by atoms with van der Waals surface area (Å²) in [6.07, 6.45) is 1.76. The first-order chi connectivity index (χ1) is 16.4. The van der Waals surface area contributed by atoms with E-state index in [1.165, 1.54) is 6.07 Å². The lowest BCUT2D eigenvalue weighted by Crippen LogP contribution is -1.96. The Labute approximate surface area is 212 Å². The van der Waals surface area contributed by atoms with Crippen molar-refractivity contribution in [1.82, 2.24) is 9.97 Å². The van der Waals surface area contributed by atoms with Crippen molar-refractivity contribution >= 4 is 57.6 Å². The van der Waals surface area contributed by atoms with Crippen molar-refractivity contribution in [3.05, 3.63) is 75.8 Å². The van der Waals surface area contributed by atoms with Crippen molar-refractivity contribution in [3.8, 4) is 11.1 Å². The fraction of sp³-hybridized carbons (Fsp3) is 0.200. The molecule has 0 aliphatic heterocycles. The number of pyridine rings is 2. The fourth-order valence-corrected chi connectivity index (χ4v) is 4.65. The Hall–Kier alpha value is -2.58. The van der Waals surface area contributed by atoms with Crippen LogP contribution in [0, 0.1) is 12.7 Å². The molecule has 0 radical (unpaired) electrons. The number of aliphatic hydroxyl groups is 1. The highest BCUT2D eigenvalue weighted by Crippen LogP contribution is 2.36. The molecule has 0 spiro atoms. The number of hydrogen-bond donors (Lipinski definition) is 3. The van der Waals surface area contributed by atoms with Gasteiger partial charge in [0, 0.05) is 45.9 Å². The molecule has 0 saturated heterocycles. The van der Waals surface area contributed by atoms with Crippen molar-refractivity contribution in [1.29, 1.82) is 0 Å². The molecule has 3 N–H and O–H groups in total. The lowest BCUT2D eigenvalue weighted by molar-refractivity contribution is 0.281. The molecule has 0 fully saturated rings. The van der Waals surface area contributed by atoms with Crippen LogP contribution in [0.5, 0.6) is 0 Å². The van der Waals surface area contributed by atoms with E-state index in [0.717, 1.165) is 45.5 Å². The van der Waals surface area contributed by atoms with E-state index < -0.39 is 5.82 Å². The van der Waals surface area contributed by atoms with Crippen molar-refractivity contribution in [3.63, 3.8) is 0 Å². The average molecular weight is 519 g/mol. The van der Waals surface area contributed by atoms with Gasteiger partial charge in [-0.25, -0.2) is 9.37 Å². The zero-order chi connectivity index (χ0) is 24.8. The van der Waals surface area contributed by atoms with Gasteiger partial charge in [-0.1, -0.05) is 43.1 Å². The molecule has 0 unspecified atom stereocenters. The molecule has 0 atom stereocenters. The van der Waals surface area contributed by atoms with E-state index in [1.807, 2.05) is 40.0 Å². The zero-order valence-corrected chi connectivity index (χ0v) is 21.5. The SMILES string of the molecule is CC.CNc1cc2nc(C)c(-c3ccc(F)c(NSc4cc(Cl)cc(CO)c4Cl)c3)cc2cn1. The average Bonchev–Trinajstić information content (AvgIpc) is 2.85. The predicted molar refractivity (Wildman–Crippen MR) is 142 cm³/mol. The quantitative estimate of drug-likeness (QED) is 0.227. The molecule has 0 aliphatic carbocycles. The van der Waals surface area contributed by atoms with E-state index in [9.17, 15) is 9.50 Å². The lowest BCUT2D eigenvalue weighted by Gasteiger charge is -2.13. The molecule has 0 bridgehead atoms. The second-order valence-electron chi connectivity index (χ2n) is 7.07. The van der Waals surface area contributed by atoms with Crippen LogP contribution in [0.4, 0.5) is 15.9 Å². The summed E-state index contributed by atoms with van der Waals surface area (Å²) in [5.41, 5.74) is 4.14. The highest BCUT2D eigenvalue weighted by atomic mass is 35.5. The number of aryl methyl sites for hydroxylation is 1. The number of anilines is 2. The molecule has 2 aromatic heterocycles. The topological polar surface area (TPSA) is 70.1 Å². The van der Waals surface area contributed by atoms with Crippen LogP contribution in [0.2, 0.25) is 10.0 Å². The number of nitrogens with zero attached hydrogens (tertiary/aromatic N) is 2. The summed E-state index contributed by atoms with van der Waals surface area (Å²) >= 11 is 13.5. The molecule has 0 aliphatic rings. The Kier molecular flexibility index (Phi) is 8.97. The lowest BCUT2D eigenvalue weighted by atomic mass is 10.0. The van der Waals surface area contributed by atoms with Crippen LogP contribution < -0.4 is 10.0 Å². The van der Waals surface area contributed by atoms with Gasteiger partial charge >= 0.3 is 0 Å². The minimum Gasteiger partial charge on any atom is -0.392 e. The molecule has 0 saturated carbocycles. The molecule has 9 heteroatoms. The Morgan fingerprint density at radius 2 is 1.85 bits per heavy atom. The predicted octanol–water partition coefficient (Wildman–Crippen LogP) is 7.73. The van der Waals surface area contributed by atoms with Gasteiger partial charge in [-0.15, -0.1) is 0 Å². The largest absolute Gasteiger partial charge is 0.392 e. The monoisotopic (exact) mass is 518 g/mol. The van der Waals surface area contributed by atoms with Gasteiger partial charge in [-0.2, -0.15) is 0 Å². The number of benzene rings is 2. The molecule has 2 aromatic carbocycles. The maximum atomic E-state index is 14.5. The molecule has 178 valence electrons. The number of rotatable bonds is 6. The van der Waals surface area contributed by atoms with Gasteiger partial charge in [-0.05, 0) is 60.3 Å². The first-order valence-electron chi connectivity index (χ1n) is 10.7. The Balaban J connectivity index is 0.00000158. The molecular formula is C25H25Cl2FN4OS. The summed E-state index contributed by atoms with van der Waals surface area (Å²) in [4.78, 5) is 9.62. The van der Waals surface area contributed by atoms with Crippen molar-refractivity contribution < 1.29 is 9.50 Å². The van der Waals surface area contributed by atoms with Crippen molar-refractivity contribution in [2.24, 2.45) is 0 Å². The third-order valence-electron chi connectivity index (χ3n) is 4.94. The Morgan fingerprint density at radius 3 is 2.56 bits per heavy atom. The normalized spacial score (nSPS) is 10.6. The summed E-state index contributed by atoms with van der Waals surface area (Å²) in [5, 5.41) is 14.1. The van der Waals surface area contributed by atoms with Gasteiger partial charge in [0.15, 0.2) is 0 Å². The van der Waals surface area contributed by atoms with E-state index in [4.69, 9.17) is 28.2 Å². The molecular weight excluding hydrogens is 494 g/mol. The van der Waals surface area contributed by atoms with Crippen LogP contribution in [0.15, 0.2) is 53.6 Å². The van der Waals surface area contributed by atoms with Crippen LogP contribution in [0.1, 0.15) is 25.1 Å². The molecule has 4 aromatic rings. The summed E-state index contributed by atoms with van der Waals surface area (Å²) in [6, 6.07) is 12.0. The highest BCUT2D eigenvalue weighted by Gasteiger charge is 2.13.